The van der Waals surface area contributed by atoms with Crippen LogP contribution in [-0.2, 0) is 16.4 Å². The monoisotopic (exact) mass is 396 g/mol. The summed E-state index contributed by atoms with van der Waals surface area (Å²) < 4.78 is 52.9. The molecule has 136 valence electrons. The van der Waals surface area contributed by atoms with E-state index in [1.54, 1.807) is 5.51 Å². The van der Waals surface area contributed by atoms with Crippen molar-refractivity contribution < 1.29 is 17.2 Å². The molecule has 3 aromatic rings. The molecule has 0 atom stereocenters. The van der Waals surface area contributed by atoms with E-state index in [-0.39, 0.29) is 10.6 Å². The minimum atomic E-state index is -3.95. The molecular weight excluding hydrogens is 382 g/mol. The number of hydrogen-bond acceptors (Lipinski definition) is 6. The number of rotatable bonds is 7. The van der Waals surface area contributed by atoms with Crippen molar-refractivity contribution in [2.45, 2.75) is 11.3 Å². The molecule has 26 heavy (non-hydrogen) atoms. The molecule has 1 aromatic carbocycles. The van der Waals surface area contributed by atoms with Gasteiger partial charge in [0.15, 0.2) is 11.6 Å². The van der Waals surface area contributed by atoms with E-state index in [1.165, 1.54) is 29.7 Å². The van der Waals surface area contributed by atoms with Crippen molar-refractivity contribution in [3.8, 4) is 0 Å². The summed E-state index contributed by atoms with van der Waals surface area (Å²) in [6, 6.07) is 5.66. The van der Waals surface area contributed by atoms with Crippen LogP contribution in [0.4, 0.5) is 20.3 Å². The van der Waals surface area contributed by atoms with Gasteiger partial charge in [0.2, 0.25) is 0 Å². The molecule has 6 nitrogen and oxygen atoms in total. The molecule has 0 amide bonds. The van der Waals surface area contributed by atoms with Gasteiger partial charge in [-0.15, -0.1) is 11.3 Å². The van der Waals surface area contributed by atoms with E-state index in [2.05, 4.69) is 20.0 Å². The van der Waals surface area contributed by atoms with Gasteiger partial charge in [-0.1, -0.05) is 0 Å². The lowest BCUT2D eigenvalue weighted by Crippen LogP contribution is -2.14. The number of nitrogens with zero attached hydrogens (tertiary/aromatic N) is 2. The molecule has 3 rings (SSSR count). The Bertz CT molecular complexity index is 978. The number of anilines is 2. The average Bonchev–Trinajstić information content (AvgIpc) is 3.12. The summed E-state index contributed by atoms with van der Waals surface area (Å²) in [6.45, 7) is 0.607. The van der Waals surface area contributed by atoms with Crippen LogP contribution in [0.1, 0.15) is 5.69 Å². The Morgan fingerprint density at radius 1 is 1.08 bits per heavy atom. The van der Waals surface area contributed by atoms with E-state index in [0.717, 1.165) is 30.3 Å². The number of thiazole rings is 1. The zero-order valence-electron chi connectivity index (χ0n) is 13.3. The van der Waals surface area contributed by atoms with Gasteiger partial charge in [-0.3, -0.25) is 4.72 Å². The first kappa shape index (κ1) is 18.2. The summed E-state index contributed by atoms with van der Waals surface area (Å²) in [5, 5.41) is 5.03. The second-order valence-corrected chi connectivity index (χ2v) is 7.67. The topological polar surface area (TPSA) is 84.0 Å². The van der Waals surface area contributed by atoms with Crippen molar-refractivity contribution in [2.24, 2.45) is 0 Å². The summed E-state index contributed by atoms with van der Waals surface area (Å²) in [6.07, 6.45) is 1.91. The molecular formula is C16H14F2N4O2S2. The van der Waals surface area contributed by atoms with Crippen molar-refractivity contribution in [1.29, 1.82) is 0 Å². The van der Waals surface area contributed by atoms with Gasteiger partial charge in [-0.05, 0) is 24.3 Å². The van der Waals surface area contributed by atoms with Crippen molar-refractivity contribution in [3.05, 3.63) is 64.7 Å². The Labute approximate surface area is 153 Å². The standard InChI is InChI=1S/C16H14F2N4O2S2/c17-14-3-1-11(7-15(14)18)22-26(23,24)13-2-4-16(20-8-13)19-6-5-12-9-25-10-21-12/h1-4,7-10,22H,5-6H2,(H,19,20). The molecule has 2 aromatic heterocycles. The second kappa shape index (κ2) is 7.75. The number of hydrogen-bond donors (Lipinski definition) is 2. The number of aromatic nitrogens is 2. The molecule has 2 N–H and O–H groups in total. The predicted molar refractivity (Wildman–Crippen MR) is 95.7 cm³/mol. The maximum absolute atomic E-state index is 13.2. The molecule has 0 aliphatic rings. The minimum absolute atomic E-state index is 0.0747. The quantitative estimate of drug-likeness (QED) is 0.640. The average molecular weight is 396 g/mol. The fourth-order valence-electron chi connectivity index (χ4n) is 2.10. The Morgan fingerprint density at radius 3 is 2.58 bits per heavy atom. The van der Waals surface area contributed by atoms with Crippen LogP contribution in [0, 0.1) is 11.6 Å². The molecule has 0 spiro atoms. The first-order chi connectivity index (χ1) is 12.4. The van der Waals surface area contributed by atoms with E-state index in [1.807, 2.05) is 5.38 Å². The highest BCUT2D eigenvalue weighted by Crippen LogP contribution is 2.18. The molecule has 0 aliphatic carbocycles. The van der Waals surface area contributed by atoms with Gasteiger partial charge in [-0.2, -0.15) is 0 Å². The highest BCUT2D eigenvalue weighted by atomic mass is 32.2. The number of sulfonamides is 1. The van der Waals surface area contributed by atoms with Crippen molar-refractivity contribution >= 4 is 32.9 Å². The summed E-state index contributed by atoms with van der Waals surface area (Å²) in [7, 11) is -3.95. The number of benzene rings is 1. The fourth-order valence-corrected chi connectivity index (χ4v) is 3.68. The van der Waals surface area contributed by atoms with Crippen molar-refractivity contribution in [1.82, 2.24) is 9.97 Å². The fraction of sp³-hybridized carbons (Fsp3) is 0.125. The first-order valence-corrected chi connectivity index (χ1v) is 9.91. The third-order valence-corrected chi connectivity index (χ3v) is 5.39. The van der Waals surface area contributed by atoms with Crippen LogP contribution in [0.5, 0.6) is 0 Å². The molecule has 2 heterocycles. The van der Waals surface area contributed by atoms with Gasteiger partial charge in [0.25, 0.3) is 10.0 Å². The zero-order valence-corrected chi connectivity index (χ0v) is 14.9. The van der Waals surface area contributed by atoms with Crippen LogP contribution in [0.15, 0.2) is 52.3 Å². The van der Waals surface area contributed by atoms with Gasteiger partial charge in [0.1, 0.15) is 10.7 Å². The Balaban J connectivity index is 1.63. The van der Waals surface area contributed by atoms with Crippen LogP contribution in [0.25, 0.3) is 0 Å². The number of halogens is 2. The third-order valence-electron chi connectivity index (χ3n) is 3.39. The van der Waals surface area contributed by atoms with Gasteiger partial charge in [0.05, 0.1) is 16.9 Å². The smallest absolute Gasteiger partial charge is 0.263 e. The minimum Gasteiger partial charge on any atom is -0.370 e. The molecule has 0 radical (unpaired) electrons. The van der Waals surface area contributed by atoms with Crippen molar-refractivity contribution in [3.63, 3.8) is 0 Å². The summed E-state index contributed by atoms with van der Waals surface area (Å²) in [5.41, 5.74) is 2.65. The predicted octanol–water partition coefficient (Wildman–Crippen LogP) is 3.27. The molecule has 0 saturated carbocycles. The number of pyridine rings is 1. The summed E-state index contributed by atoms with van der Waals surface area (Å²) in [5.74, 6) is -1.67. The van der Waals surface area contributed by atoms with E-state index < -0.39 is 21.7 Å². The van der Waals surface area contributed by atoms with E-state index in [9.17, 15) is 17.2 Å². The van der Waals surface area contributed by atoms with Crippen LogP contribution in [0.2, 0.25) is 0 Å². The second-order valence-electron chi connectivity index (χ2n) is 5.27. The number of nitrogens with one attached hydrogen (secondary N) is 2. The van der Waals surface area contributed by atoms with E-state index in [4.69, 9.17) is 0 Å². The normalized spacial score (nSPS) is 11.3. The molecule has 0 bridgehead atoms. The zero-order chi connectivity index (χ0) is 18.6. The first-order valence-electron chi connectivity index (χ1n) is 7.49. The van der Waals surface area contributed by atoms with Gasteiger partial charge >= 0.3 is 0 Å². The highest BCUT2D eigenvalue weighted by molar-refractivity contribution is 7.92. The summed E-state index contributed by atoms with van der Waals surface area (Å²) >= 11 is 1.52. The SMILES string of the molecule is O=S(=O)(Nc1ccc(F)c(F)c1)c1ccc(NCCc2cscn2)nc1. The molecule has 0 aliphatic heterocycles. The third kappa shape index (κ3) is 4.52. The van der Waals surface area contributed by atoms with Gasteiger partial charge in [-0.25, -0.2) is 27.2 Å². The van der Waals surface area contributed by atoms with Crippen LogP contribution >= 0.6 is 11.3 Å². The molecule has 10 heteroatoms. The van der Waals surface area contributed by atoms with Crippen molar-refractivity contribution in [2.75, 3.05) is 16.6 Å². The van der Waals surface area contributed by atoms with E-state index >= 15 is 0 Å². The molecule has 0 fully saturated rings. The van der Waals surface area contributed by atoms with Crippen LogP contribution in [-0.4, -0.2) is 24.9 Å². The Morgan fingerprint density at radius 2 is 1.92 bits per heavy atom. The van der Waals surface area contributed by atoms with Crippen LogP contribution < -0.4 is 10.0 Å². The lowest BCUT2D eigenvalue weighted by molar-refractivity contribution is 0.509. The highest BCUT2D eigenvalue weighted by Gasteiger charge is 2.16. The lowest BCUT2D eigenvalue weighted by Gasteiger charge is -2.09. The maximum Gasteiger partial charge on any atom is 0.263 e. The van der Waals surface area contributed by atoms with E-state index in [0.29, 0.717) is 12.4 Å². The molecule has 0 saturated heterocycles. The summed E-state index contributed by atoms with van der Waals surface area (Å²) in [4.78, 5) is 8.13. The van der Waals surface area contributed by atoms with Crippen LogP contribution in [0.3, 0.4) is 0 Å². The largest absolute Gasteiger partial charge is 0.370 e. The lowest BCUT2D eigenvalue weighted by atomic mass is 10.3. The Kier molecular flexibility index (Phi) is 5.43. The molecule has 0 unspecified atom stereocenters. The van der Waals surface area contributed by atoms with Gasteiger partial charge < -0.3 is 5.32 Å². The van der Waals surface area contributed by atoms with Gasteiger partial charge in [0, 0.05) is 30.6 Å². The maximum atomic E-state index is 13.2. The Hall–Kier alpha value is -2.59.